The fraction of sp³-hybridized carbons (Fsp3) is 0. The van der Waals surface area contributed by atoms with Gasteiger partial charge in [0.1, 0.15) is 6.26 Å². The molecule has 3 nitrogen and oxygen atoms in total. The van der Waals surface area contributed by atoms with Crippen LogP contribution in [0.5, 0.6) is 0 Å². The average Bonchev–Trinajstić information content (AvgIpc) is 3.18. The number of nitrogens with zero attached hydrogens (tertiary/aromatic N) is 2. The van der Waals surface area contributed by atoms with E-state index < -0.39 is 0 Å². The first-order valence-corrected chi connectivity index (χ1v) is 9.23. The van der Waals surface area contributed by atoms with Crippen molar-refractivity contribution in [2.45, 2.75) is 0 Å². The maximum Gasteiger partial charge on any atom is 0.307 e. The average molecular weight is 362 g/mol. The number of hydrogen-bond donors (Lipinski definition) is 0. The largest absolute Gasteiger partial charge is 0.431 e. The minimum absolute atomic E-state index is 0.542. The standard InChI is InChI=1S/C25H18N2O/c1-3-11-22(12-4-1)26-25-27(23-13-5-2-6-14-23)24(18-28-25)21-16-15-19-9-7-8-10-20(19)17-21/h1-18H. The highest BCUT2D eigenvalue weighted by Gasteiger charge is 2.12. The van der Waals surface area contributed by atoms with Gasteiger partial charge >= 0.3 is 5.68 Å². The third kappa shape index (κ3) is 3.03. The third-order valence-electron chi connectivity index (χ3n) is 4.75. The summed E-state index contributed by atoms with van der Waals surface area (Å²) in [7, 11) is 0. The number of para-hydroxylation sites is 2. The Bertz CT molecular complexity index is 1300. The van der Waals surface area contributed by atoms with Gasteiger partial charge in [0.05, 0.1) is 17.1 Å². The second-order valence-corrected chi connectivity index (χ2v) is 6.58. The first-order chi connectivity index (χ1) is 13.9. The normalized spacial score (nSPS) is 11.8. The minimum atomic E-state index is 0.542. The lowest BCUT2D eigenvalue weighted by Gasteiger charge is -2.08. The first-order valence-electron chi connectivity index (χ1n) is 9.23. The SMILES string of the molecule is c1ccc(N=c2occ(-c3ccc4ccccc4c3)n2-c2ccccc2)cc1. The van der Waals surface area contributed by atoms with Crippen LogP contribution in [0.15, 0.2) is 119 Å². The van der Waals surface area contributed by atoms with Gasteiger partial charge < -0.3 is 4.42 Å². The molecule has 134 valence electrons. The lowest BCUT2D eigenvalue weighted by molar-refractivity contribution is 0.488. The summed E-state index contributed by atoms with van der Waals surface area (Å²) < 4.78 is 7.97. The summed E-state index contributed by atoms with van der Waals surface area (Å²) in [5.74, 6) is 0. The fourth-order valence-corrected chi connectivity index (χ4v) is 3.38. The van der Waals surface area contributed by atoms with Gasteiger partial charge in [-0.1, -0.05) is 72.8 Å². The summed E-state index contributed by atoms with van der Waals surface area (Å²) in [5.41, 5.74) is 4.45. The second kappa shape index (κ2) is 7.05. The van der Waals surface area contributed by atoms with Gasteiger partial charge in [-0.15, -0.1) is 0 Å². The molecular weight excluding hydrogens is 344 g/mol. The molecule has 0 atom stereocenters. The van der Waals surface area contributed by atoms with Gasteiger partial charge in [0.25, 0.3) is 0 Å². The lowest BCUT2D eigenvalue weighted by atomic mass is 10.1. The van der Waals surface area contributed by atoms with Crippen molar-refractivity contribution in [3.63, 3.8) is 0 Å². The van der Waals surface area contributed by atoms with Crippen LogP contribution in [0.1, 0.15) is 0 Å². The molecule has 0 aliphatic carbocycles. The van der Waals surface area contributed by atoms with E-state index >= 15 is 0 Å². The lowest BCUT2D eigenvalue weighted by Crippen LogP contribution is -2.14. The van der Waals surface area contributed by atoms with Crippen LogP contribution in [-0.2, 0) is 0 Å². The van der Waals surface area contributed by atoms with E-state index in [9.17, 15) is 0 Å². The van der Waals surface area contributed by atoms with E-state index in [1.807, 2.05) is 48.5 Å². The number of fused-ring (bicyclic) bond motifs is 1. The van der Waals surface area contributed by atoms with Gasteiger partial charge in [-0.25, -0.2) is 0 Å². The van der Waals surface area contributed by atoms with E-state index in [0.29, 0.717) is 5.68 Å². The van der Waals surface area contributed by atoms with Gasteiger partial charge in [-0.3, -0.25) is 4.57 Å². The Labute approximate surface area is 162 Å². The number of benzene rings is 4. The number of aromatic nitrogens is 1. The van der Waals surface area contributed by atoms with Crippen molar-refractivity contribution in [2.75, 3.05) is 0 Å². The van der Waals surface area contributed by atoms with Crippen LogP contribution >= 0.6 is 0 Å². The van der Waals surface area contributed by atoms with E-state index in [4.69, 9.17) is 9.41 Å². The molecule has 4 aromatic carbocycles. The highest BCUT2D eigenvalue weighted by molar-refractivity contribution is 5.86. The quantitative estimate of drug-likeness (QED) is 0.380. The van der Waals surface area contributed by atoms with E-state index in [-0.39, 0.29) is 0 Å². The van der Waals surface area contributed by atoms with Crippen molar-refractivity contribution in [1.82, 2.24) is 4.57 Å². The molecule has 0 saturated heterocycles. The Morgan fingerprint density at radius 3 is 2.11 bits per heavy atom. The summed E-state index contributed by atoms with van der Waals surface area (Å²) in [6.45, 7) is 0. The molecule has 5 rings (SSSR count). The van der Waals surface area contributed by atoms with Gasteiger partial charge in [-0.2, -0.15) is 4.99 Å². The predicted octanol–water partition coefficient (Wildman–Crippen LogP) is 6.12. The van der Waals surface area contributed by atoms with Crippen LogP contribution in [0.4, 0.5) is 5.69 Å². The molecular formula is C25H18N2O. The van der Waals surface area contributed by atoms with E-state index in [1.54, 1.807) is 6.26 Å². The zero-order valence-electron chi connectivity index (χ0n) is 15.2. The minimum Gasteiger partial charge on any atom is -0.431 e. The van der Waals surface area contributed by atoms with E-state index in [1.165, 1.54) is 10.8 Å². The molecule has 0 amide bonds. The number of hydrogen-bond acceptors (Lipinski definition) is 2. The predicted molar refractivity (Wildman–Crippen MR) is 113 cm³/mol. The smallest absolute Gasteiger partial charge is 0.307 e. The Morgan fingerprint density at radius 2 is 1.32 bits per heavy atom. The molecule has 0 spiro atoms. The van der Waals surface area contributed by atoms with E-state index in [0.717, 1.165) is 22.6 Å². The summed E-state index contributed by atoms with van der Waals surface area (Å²) >= 11 is 0. The van der Waals surface area contributed by atoms with Gasteiger partial charge in [0.15, 0.2) is 0 Å². The molecule has 0 unspecified atom stereocenters. The highest BCUT2D eigenvalue weighted by atomic mass is 16.3. The highest BCUT2D eigenvalue weighted by Crippen LogP contribution is 2.26. The van der Waals surface area contributed by atoms with Gasteiger partial charge in [0.2, 0.25) is 0 Å². The summed E-state index contributed by atoms with van der Waals surface area (Å²) in [4.78, 5) is 4.72. The Balaban J connectivity index is 1.75. The van der Waals surface area contributed by atoms with Crippen molar-refractivity contribution in [1.29, 1.82) is 0 Å². The second-order valence-electron chi connectivity index (χ2n) is 6.58. The molecule has 0 aliphatic heterocycles. The number of rotatable bonds is 3. The summed E-state index contributed by atoms with van der Waals surface area (Å²) in [6, 6.07) is 34.8. The fourth-order valence-electron chi connectivity index (χ4n) is 3.38. The molecule has 0 N–H and O–H groups in total. The summed E-state index contributed by atoms with van der Waals surface area (Å²) in [6.07, 6.45) is 1.78. The summed E-state index contributed by atoms with van der Waals surface area (Å²) in [5, 5.41) is 2.41. The van der Waals surface area contributed by atoms with Crippen molar-refractivity contribution < 1.29 is 4.42 Å². The Morgan fingerprint density at radius 1 is 0.643 bits per heavy atom. The molecule has 1 heterocycles. The van der Waals surface area contributed by atoms with Gasteiger partial charge in [0, 0.05) is 5.56 Å². The van der Waals surface area contributed by atoms with Crippen LogP contribution in [0.2, 0.25) is 0 Å². The maximum absolute atomic E-state index is 5.92. The van der Waals surface area contributed by atoms with E-state index in [2.05, 4.69) is 59.2 Å². The van der Waals surface area contributed by atoms with Crippen molar-refractivity contribution in [2.24, 2.45) is 4.99 Å². The van der Waals surface area contributed by atoms with Crippen LogP contribution in [0.3, 0.4) is 0 Å². The van der Waals surface area contributed by atoms with Crippen LogP contribution in [-0.4, -0.2) is 4.57 Å². The monoisotopic (exact) mass is 362 g/mol. The van der Waals surface area contributed by atoms with Crippen molar-refractivity contribution in [3.05, 3.63) is 115 Å². The molecule has 28 heavy (non-hydrogen) atoms. The Kier molecular flexibility index (Phi) is 4.11. The number of oxazole rings is 1. The van der Waals surface area contributed by atoms with Crippen molar-refractivity contribution in [3.8, 4) is 16.9 Å². The first kappa shape index (κ1) is 16.3. The molecule has 0 saturated carbocycles. The zero-order chi connectivity index (χ0) is 18.8. The molecule has 0 radical (unpaired) electrons. The van der Waals surface area contributed by atoms with Crippen molar-refractivity contribution >= 4 is 16.5 Å². The topological polar surface area (TPSA) is 30.4 Å². The molecule has 0 bridgehead atoms. The molecule has 3 heteroatoms. The molecule has 5 aromatic rings. The third-order valence-corrected chi connectivity index (χ3v) is 4.75. The van der Waals surface area contributed by atoms with Crippen LogP contribution < -0.4 is 5.68 Å². The van der Waals surface area contributed by atoms with Crippen LogP contribution in [0.25, 0.3) is 27.7 Å². The molecule has 1 aromatic heterocycles. The van der Waals surface area contributed by atoms with Crippen LogP contribution in [0, 0.1) is 0 Å². The molecule has 0 aliphatic rings. The zero-order valence-corrected chi connectivity index (χ0v) is 15.2. The van der Waals surface area contributed by atoms with Gasteiger partial charge in [-0.05, 0) is 41.1 Å². The maximum atomic E-state index is 5.92. The molecule has 0 fully saturated rings. The Hall–Kier alpha value is -3.85.